The van der Waals surface area contributed by atoms with Gasteiger partial charge < -0.3 is 5.73 Å². The SMILES string of the molecule is CC(C)(C)N(CCCN)C1CCCCC1. The molecule has 2 N–H and O–H groups in total. The van der Waals surface area contributed by atoms with Crippen molar-refractivity contribution in [2.45, 2.75) is 70.9 Å². The average Bonchev–Trinajstić information content (AvgIpc) is 2.18. The molecule has 1 saturated carbocycles. The van der Waals surface area contributed by atoms with E-state index in [9.17, 15) is 0 Å². The van der Waals surface area contributed by atoms with Gasteiger partial charge in [0.2, 0.25) is 0 Å². The lowest BCUT2D eigenvalue weighted by atomic mass is 9.90. The Balaban J connectivity index is 2.53. The number of nitrogens with zero attached hydrogens (tertiary/aromatic N) is 1. The van der Waals surface area contributed by atoms with Crippen molar-refractivity contribution >= 4 is 0 Å². The minimum absolute atomic E-state index is 0.303. The summed E-state index contributed by atoms with van der Waals surface area (Å²) in [5, 5.41) is 0. The maximum Gasteiger partial charge on any atom is 0.0127 e. The molecule has 0 amide bonds. The van der Waals surface area contributed by atoms with Gasteiger partial charge in [0.1, 0.15) is 0 Å². The van der Waals surface area contributed by atoms with Crippen LogP contribution >= 0.6 is 0 Å². The van der Waals surface area contributed by atoms with Crippen molar-refractivity contribution < 1.29 is 0 Å². The van der Waals surface area contributed by atoms with Crippen LogP contribution in [0.15, 0.2) is 0 Å². The molecule has 1 aliphatic carbocycles. The van der Waals surface area contributed by atoms with Gasteiger partial charge in [0.05, 0.1) is 0 Å². The van der Waals surface area contributed by atoms with E-state index in [1.54, 1.807) is 0 Å². The molecule has 2 nitrogen and oxygen atoms in total. The molecule has 1 fully saturated rings. The highest BCUT2D eigenvalue weighted by atomic mass is 15.2. The maximum atomic E-state index is 5.62. The van der Waals surface area contributed by atoms with Crippen molar-refractivity contribution in [3.05, 3.63) is 0 Å². The van der Waals surface area contributed by atoms with Crippen LogP contribution in [-0.2, 0) is 0 Å². The molecule has 0 bridgehead atoms. The molecule has 0 spiro atoms. The van der Waals surface area contributed by atoms with Crippen molar-refractivity contribution in [3.63, 3.8) is 0 Å². The Morgan fingerprint density at radius 2 is 1.73 bits per heavy atom. The van der Waals surface area contributed by atoms with Gasteiger partial charge >= 0.3 is 0 Å². The quantitative estimate of drug-likeness (QED) is 0.776. The first-order valence-corrected chi connectivity index (χ1v) is 6.52. The van der Waals surface area contributed by atoms with Crippen molar-refractivity contribution in [2.24, 2.45) is 5.73 Å². The van der Waals surface area contributed by atoms with Gasteiger partial charge in [-0.2, -0.15) is 0 Å². The van der Waals surface area contributed by atoms with E-state index in [1.165, 1.54) is 38.6 Å². The van der Waals surface area contributed by atoms with Gasteiger partial charge in [0.25, 0.3) is 0 Å². The molecular formula is C13H28N2. The van der Waals surface area contributed by atoms with Gasteiger partial charge in [0, 0.05) is 18.1 Å². The van der Waals surface area contributed by atoms with Crippen molar-refractivity contribution in [3.8, 4) is 0 Å². The van der Waals surface area contributed by atoms with Crippen molar-refractivity contribution in [2.75, 3.05) is 13.1 Å². The molecule has 0 radical (unpaired) electrons. The molecular weight excluding hydrogens is 184 g/mol. The second kappa shape index (κ2) is 5.86. The lowest BCUT2D eigenvalue weighted by Gasteiger charge is -2.43. The minimum atomic E-state index is 0.303. The Morgan fingerprint density at radius 3 is 2.20 bits per heavy atom. The average molecular weight is 212 g/mol. The lowest BCUT2D eigenvalue weighted by Crippen LogP contribution is -2.49. The van der Waals surface area contributed by atoms with Crippen LogP contribution in [0.4, 0.5) is 0 Å². The summed E-state index contributed by atoms with van der Waals surface area (Å²) in [5.41, 5.74) is 5.93. The van der Waals surface area contributed by atoms with Crippen LogP contribution in [-0.4, -0.2) is 29.6 Å². The molecule has 0 saturated heterocycles. The Kier molecular flexibility index (Phi) is 5.07. The molecule has 2 heteroatoms. The zero-order chi connectivity index (χ0) is 11.3. The number of hydrogen-bond acceptors (Lipinski definition) is 2. The Hall–Kier alpha value is -0.0800. The second-order valence-corrected chi connectivity index (χ2v) is 5.80. The highest BCUT2D eigenvalue weighted by Crippen LogP contribution is 2.28. The van der Waals surface area contributed by atoms with Crippen LogP contribution in [0.25, 0.3) is 0 Å². The normalized spacial score (nSPS) is 19.8. The van der Waals surface area contributed by atoms with Gasteiger partial charge in [-0.05, 0) is 46.6 Å². The van der Waals surface area contributed by atoms with Crippen molar-refractivity contribution in [1.82, 2.24) is 4.90 Å². The fourth-order valence-electron chi connectivity index (χ4n) is 2.72. The van der Waals surface area contributed by atoms with E-state index < -0.39 is 0 Å². The van der Waals surface area contributed by atoms with Gasteiger partial charge in [-0.25, -0.2) is 0 Å². The fourth-order valence-corrected chi connectivity index (χ4v) is 2.72. The molecule has 90 valence electrons. The third-order valence-corrected chi connectivity index (χ3v) is 3.48. The Bertz CT molecular complexity index is 166. The van der Waals surface area contributed by atoms with Crippen molar-refractivity contribution in [1.29, 1.82) is 0 Å². The molecule has 0 aromatic rings. The van der Waals surface area contributed by atoms with Crippen LogP contribution in [0.1, 0.15) is 59.3 Å². The molecule has 15 heavy (non-hydrogen) atoms. The van der Waals surface area contributed by atoms with E-state index in [4.69, 9.17) is 5.73 Å². The number of nitrogens with two attached hydrogens (primary N) is 1. The molecule has 0 heterocycles. The van der Waals surface area contributed by atoms with Crippen LogP contribution < -0.4 is 5.73 Å². The van der Waals surface area contributed by atoms with E-state index in [0.29, 0.717) is 5.54 Å². The lowest BCUT2D eigenvalue weighted by molar-refractivity contribution is 0.0598. The maximum absolute atomic E-state index is 5.62. The first kappa shape index (κ1) is 13.0. The topological polar surface area (TPSA) is 29.3 Å². The predicted octanol–water partition coefficient (Wildman–Crippen LogP) is 2.77. The van der Waals surface area contributed by atoms with E-state index in [1.807, 2.05) is 0 Å². The highest BCUT2D eigenvalue weighted by Gasteiger charge is 2.28. The summed E-state index contributed by atoms with van der Waals surface area (Å²) in [7, 11) is 0. The number of hydrogen-bond donors (Lipinski definition) is 1. The molecule has 0 unspecified atom stereocenters. The van der Waals surface area contributed by atoms with Crippen LogP contribution in [0.3, 0.4) is 0 Å². The molecule has 0 atom stereocenters. The highest BCUT2D eigenvalue weighted by molar-refractivity contribution is 4.84. The third kappa shape index (κ3) is 4.12. The molecule has 0 aromatic carbocycles. The van der Waals surface area contributed by atoms with E-state index in [-0.39, 0.29) is 0 Å². The number of rotatable bonds is 4. The first-order valence-electron chi connectivity index (χ1n) is 6.52. The minimum Gasteiger partial charge on any atom is -0.330 e. The molecule has 1 aliphatic rings. The van der Waals surface area contributed by atoms with Crippen LogP contribution in [0.5, 0.6) is 0 Å². The zero-order valence-corrected chi connectivity index (χ0v) is 10.8. The third-order valence-electron chi connectivity index (χ3n) is 3.48. The summed E-state index contributed by atoms with van der Waals surface area (Å²) in [6, 6.07) is 0.810. The van der Waals surface area contributed by atoms with Crippen LogP contribution in [0.2, 0.25) is 0 Å². The standard InChI is InChI=1S/C13H28N2/c1-13(2,3)15(11-7-10-14)12-8-5-4-6-9-12/h12H,4-11,14H2,1-3H3. The van der Waals surface area contributed by atoms with Gasteiger partial charge in [0.15, 0.2) is 0 Å². The second-order valence-electron chi connectivity index (χ2n) is 5.80. The summed E-state index contributed by atoms with van der Waals surface area (Å²) in [6.07, 6.45) is 8.18. The Morgan fingerprint density at radius 1 is 1.13 bits per heavy atom. The molecule has 0 aliphatic heterocycles. The summed E-state index contributed by atoms with van der Waals surface area (Å²) < 4.78 is 0. The Labute approximate surface area is 95.2 Å². The van der Waals surface area contributed by atoms with Crippen LogP contribution in [0, 0.1) is 0 Å². The largest absolute Gasteiger partial charge is 0.330 e. The smallest absolute Gasteiger partial charge is 0.0127 e. The summed E-state index contributed by atoms with van der Waals surface area (Å²) in [6.45, 7) is 8.98. The predicted molar refractivity (Wildman–Crippen MR) is 67.0 cm³/mol. The van der Waals surface area contributed by atoms with E-state index in [2.05, 4.69) is 25.7 Å². The summed E-state index contributed by atoms with van der Waals surface area (Å²) in [4.78, 5) is 2.68. The fraction of sp³-hybridized carbons (Fsp3) is 1.00. The van der Waals surface area contributed by atoms with E-state index in [0.717, 1.165) is 19.0 Å². The first-order chi connectivity index (χ1) is 7.05. The molecule has 1 rings (SSSR count). The summed E-state index contributed by atoms with van der Waals surface area (Å²) in [5.74, 6) is 0. The van der Waals surface area contributed by atoms with E-state index >= 15 is 0 Å². The van der Waals surface area contributed by atoms with Gasteiger partial charge in [-0.15, -0.1) is 0 Å². The molecule has 0 aromatic heterocycles. The summed E-state index contributed by atoms with van der Waals surface area (Å²) >= 11 is 0. The monoisotopic (exact) mass is 212 g/mol. The van der Waals surface area contributed by atoms with Gasteiger partial charge in [-0.3, -0.25) is 4.90 Å². The van der Waals surface area contributed by atoms with Gasteiger partial charge in [-0.1, -0.05) is 19.3 Å². The zero-order valence-electron chi connectivity index (χ0n) is 10.8.